The highest BCUT2D eigenvalue weighted by molar-refractivity contribution is 6.68. The number of hydrogen-bond donors (Lipinski definition) is 0. The third kappa shape index (κ3) is 3.00. The zero-order valence-corrected chi connectivity index (χ0v) is 11.1. The second-order valence-electron chi connectivity index (χ2n) is 5.43. The summed E-state index contributed by atoms with van der Waals surface area (Å²) < 4.78 is 25.1. The largest absolute Gasteiger partial charge is 0.497 e. The van der Waals surface area contributed by atoms with Crippen molar-refractivity contribution in [3.8, 4) is 0 Å². The number of halogens is 1. The van der Waals surface area contributed by atoms with Crippen molar-refractivity contribution in [1.82, 2.24) is 0 Å². The van der Waals surface area contributed by atoms with E-state index in [-0.39, 0.29) is 11.2 Å². The van der Waals surface area contributed by atoms with Crippen molar-refractivity contribution in [3.05, 3.63) is 41.7 Å². The number of rotatable bonds is 2. The Bertz CT molecular complexity index is 428. The van der Waals surface area contributed by atoms with Crippen LogP contribution in [0.3, 0.4) is 0 Å². The lowest BCUT2D eigenvalue weighted by Gasteiger charge is -2.34. The minimum atomic E-state index is -0.606. The number of hydrogen-bond acceptors (Lipinski definition) is 2. The Labute approximate surface area is 108 Å². The first kappa shape index (κ1) is 13.3. The molecule has 0 spiro atoms. The van der Waals surface area contributed by atoms with Crippen molar-refractivity contribution >= 4 is 12.6 Å². The van der Waals surface area contributed by atoms with E-state index in [0.717, 1.165) is 5.56 Å². The molecule has 18 heavy (non-hydrogen) atoms. The molecule has 0 unspecified atom stereocenters. The molecule has 96 valence electrons. The molecule has 0 N–H and O–H groups in total. The third-order valence-corrected chi connectivity index (χ3v) is 2.94. The summed E-state index contributed by atoms with van der Waals surface area (Å²) in [6.45, 7) is 6.71. The van der Waals surface area contributed by atoms with E-state index in [1.165, 1.54) is 6.92 Å². The van der Waals surface area contributed by atoms with E-state index >= 15 is 0 Å². The quantitative estimate of drug-likeness (QED) is 0.746. The van der Waals surface area contributed by atoms with Gasteiger partial charge in [0, 0.05) is 24.1 Å². The molecule has 1 aromatic rings. The highest BCUT2D eigenvalue weighted by Crippen LogP contribution is 2.30. The second kappa shape index (κ2) is 5.25. The maximum Gasteiger partial charge on any atom is 0.497 e. The standard InChI is InChI=1S/C14H18BFO2/c1-11(16)13(12-7-5-4-6-8-12)15-17-9-14(2,3)10-18-15/h4-8H,9-10H2,1-3H3/b13-11-. The van der Waals surface area contributed by atoms with Crippen molar-refractivity contribution in [2.75, 3.05) is 13.2 Å². The Morgan fingerprint density at radius 1 is 1.17 bits per heavy atom. The van der Waals surface area contributed by atoms with Gasteiger partial charge < -0.3 is 9.31 Å². The van der Waals surface area contributed by atoms with Gasteiger partial charge in [0.1, 0.15) is 0 Å². The fraction of sp³-hybridized carbons (Fsp3) is 0.429. The van der Waals surface area contributed by atoms with Crippen LogP contribution in [0.4, 0.5) is 4.39 Å². The minimum absolute atomic E-state index is 0.0114. The monoisotopic (exact) mass is 248 g/mol. The van der Waals surface area contributed by atoms with Gasteiger partial charge >= 0.3 is 7.12 Å². The van der Waals surface area contributed by atoms with Gasteiger partial charge in [-0.25, -0.2) is 4.39 Å². The predicted molar refractivity (Wildman–Crippen MR) is 71.6 cm³/mol. The highest BCUT2D eigenvalue weighted by atomic mass is 19.1. The summed E-state index contributed by atoms with van der Waals surface area (Å²) in [7, 11) is -0.606. The minimum Gasteiger partial charge on any atom is -0.407 e. The molecule has 1 heterocycles. The lowest BCUT2D eigenvalue weighted by molar-refractivity contribution is 0.0346. The molecule has 2 nitrogen and oxygen atoms in total. The van der Waals surface area contributed by atoms with Crippen molar-refractivity contribution in [3.63, 3.8) is 0 Å². The highest BCUT2D eigenvalue weighted by Gasteiger charge is 2.36. The molecule has 4 heteroatoms. The smallest absolute Gasteiger partial charge is 0.407 e. The van der Waals surface area contributed by atoms with Crippen LogP contribution in [0.15, 0.2) is 36.2 Å². The average molecular weight is 248 g/mol. The van der Waals surface area contributed by atoms with Crippen LogP contribution in [0.2, 0.25) is 0 Å². The van der Waals surface area contributed by atoms with E-state index in [9.17, 15) is 4.39 Å². The first-order chi connectivity index (χ1) is 8.49. The van der Waals surface area contributed by atoms with Crippen LogP contribution in [0.5, 0.6) is 0 Å². The van der Waals surface area contributed by atoms with Crippen molar-refractivity contribution in [1.29, 1.82) is 0 Å². The summed E-state index contributed by atoms with van der Waals surface area (Å²) in [5, 5.41) is 0. The lowest BCUT2D eigenvalue weighted by atomic mass is 9.71. The normalized spacial score (nSPS) is 20.6. The molecule has 1 aliphatic rings. The van der Waals surface area contributed by atoms with E-state index in [4.69, 9.17) is 9.31 Å². The molecular weight excluding hydrogens is 230 g/mol. The molecule has 0 amide bonds. The summed E-state index contributed by atoms with van der Waals surface area (Å²) in [6, 6.07) is 9.40. The third-order valence-electron chi connectivity index (χ3n) is 2.94. The van der Waals surface area contributed by atoms with Gasteiger partial charge in [0.2, 0.25) is 0 Å². The Morgan fingerprint density at radius 2 is 1.72 bits per heavy atom. The van der Waals surface area contributed by atoms with Crippen LogP contribution in [0.1, 0.15) is 26.3 Å². The van der Waals surface area contributed by atoms with Crippen molar-refractivity contribution in [2.24, 2.45) is 5.41 Å². The van der Waals surface area contributed by atoms with Crippen LogP contribution in [-0.2, 0) is 9.31 Å². The fourth-order valence-corrected chi connectivity index (χ4v) is 1.97. The van der Waals surface area contributed by atoms with E-state index in [0.29, 0.717) is 18.7 Å². The van der Waals surface area contributed by atoms with Gasteiger partial charge in [-0.3, -0.25) is 0 Å². The molecule has 0 saturated carbocycles. The van der Waals surface area contributed by atoms with Gasteiger partial charge in [-0.2, -0.15) is 0 Å². The molecule has 2 rings (SSSR count). The van der Waals surface area contributed by atoms with Crippen molar-refractivity contribution in [2.45, 2.75) is 20.8 Å². The van der Waals surface area contributed by atoms with E-state index in [2.05, 4.69) is 13.8 Å². The molecule has 1 saturated heterocycles. The maximum atomic E-state index is 13.7. The number of allylic oxidation sites excluding steroid dienone is 1. The van der Waals surface area contributed by atoms with Gasteiger partial charge in [-0.05, 0) is 12.5 Å². The molecule has 1 fully saturated rings. The van der Waals surface area contributed by atoms with Gasteiger partial charge in [0.15, 0.2) is 0 Å². The Hall–Kier alpha value is -1.13. The molecule has 0 radical (unpaired) electrons. The van der Waals surface area contributed by atoms with Crippen LogP contribution >= 0.6 is 0 Å². The summed E-state index contributed by atoms with van der Waals surface area (Å²) in [5.74, 6) is -0.258. The molecule has 1 aromatic carbocycles. The van der Waals surface area contributed by atoms with Crippen LogP contribution < -0.4 is 0 Å². The van der Waals surface area contributed by atoms with Crippen LogP contribution in [0, 0.1) is 5.41 Å². The summed E-state index contributed by atoms with van der Waals surface area (Å²) in [5.41, 5.74) is 1.29. The fourth-order valence-electron chi connectivity index (χ4n) is 1.97. The zero-order chi connectivity index (χ0) is 13.2. The SMILES string of the molecule is C/C(F)=C(/B1OCC(C)(C)CO1)c1ccccc1. The zero-order valence-electron chi connectivity index (χ0n) is 11.1. The molecule has 0 bridgehead atoms. The Balaban J connectivity index is 2.22. The summed E-state index contributed by atoms with van der Waals surface area (Å²) >= 11 is 0. The van der Waals surface area contributed by atoms with Gasteiger partial charge in [0.25, 0.3) is 0 Å². The van der Waals surface area contributed by atoms with Crippen LogP contribution in [-0.4, -0.2) is 20.3 Å². The van der Waals surface area contributed by atoms with E-state index in [1.807, 2.05) is 30.3 Å². The maximum absolute atomic E-state index is 13.7. The molecule has 1 aliphatic heterocycles. The van der Waals surface area contributed by atoms with Gasteiger partial charge in [0.05, 0.1) is 5.83 Å². The molecule has 0 aliphatic carbocycles. The molecule has 0 atom stereocenters. The molecule has 0 aromatic heterocycles. The van der Waals surface area contributed by atoms with Gasteiger partial charge in [-0.15, -0.1) is 0 Å². The Morgan fingerprint density at radius 3 is 2.22 bits per heavy atom. The molecular formula is C14H18BFO2. The van der Waals surface area contributed by atoms with E-state index < -0.39 is 7.12 Å². The second-order valence-corrected chi connectivity index (χ2v) is 5.43. The average Bonchev–Trinajstić information content (AvgIpc) is 2.33. The lowest BCUT2D eigenvalue weighted by Crippen LogP contribution is -2.41. The topological polar surface area (TPSA) is 18.5 Å². The first-order valence-corrected chi connectivity index (χ1v) is 6.14. The summed E-state index contributed by atoms with van der Waals surface area (Å²) in [6.07, 6.45) is 0. The number of benzene rings is 1. The van der Waals surface area contributed by atoms with E-state index in [1.54, 1.807) is 0 Å². The Kier molecular flexibility index (Phi) is 3.88. The summed E-state index contributed by atoms with van der Waals surface area (Å²) in [4.78, 5) is 0. The first-order valence-electron chi connectivity index (χ1n) is 6.14. The van der Waals surface area contributed by atoms with Gasteiger partial charge in [-0.1, -0.05) is 44.2 Å². The van der Waals surface area contributed by atoms with Crippen molar-refractivity contribution < 1.29 is 13.7 Å². The van der Waals surface area contributed by atoms with Crippen LogP contribution in [0.25, 0.3) is 5.47 Å². The predicted octanol–water partition coefficient (Wildman–Crippen LogP) is 3.49.